The van der Waals surface area contributed by atoms with Gasteiger partial charge >= 0.3 is 0 Å². The van der Waals surface area contributed by atoms with Crippen LogP contribution in [0.5, 0.6) is 0 Å². The van der Waals surface area contributed by atoms with Crippen molar-refractivity contribution in [2.75, 3.05) is 24.5 Å². The third-order valence-electron chi connectivity index (χ3n) is 6.56. The van der Waals surface area contributed by atoms with Gasteiger partial charge in [-0.05, 0) is 56.4 Å². The number of carbonyl (C=O) groups excluding carboxylic acids is 1. The Labute approximate surface area is 185 Å². The summed E-state index contributed by atoms with van der Waals surface area (Å²) in [6.45, 7) is 3.58. The van der Waals surface area contributed by atoms with Gasteiger partial charge in [-0.25, -0.2) is 13.8 Å². The fraction of sp³-hybridized carbons (Fsp3) is 0.565. The number of carbonyl (C=O) groups is 1. The van der Waals surface area contributed by atoms with E-state index in [1.165, 1.54) is 0 Å². The zero-order valence-electron chi connectivity index (χ0n) is 17.6. The first kappa shape index (κ1) is 22.2. The van der Waals surface area contributed by atoms with Crippen LogP contribution in [0.25, 0.3) is 10.9 Å². The van der Waals surface area contributed by atoms with E-state index >= 15 is 0 Å². The molecule has 2 aromatic rings. The Morgan fingerprint density at radius 1 is 1.35 bits per heavy atom. The van der Waals surface area contributed by atoms with Crippen LogP contribution in [0.1, 0.15) is 49.4 Å². The van der Waals surface area contributed by atoms with Crippen LogP contribution in [0.3, 0.4) is 0 Å². The molecule has 2 fully saturated rings. The first-order valence-electron chi connectivity index (χ1n) is 10.9. The van der Waals surface area contributed by atoms with Crippen LogP contribution in [0.2, 0.25) is 5.02 Å². The number of anilines is 1. The Morgan fingerprint density at radius 2 is 2.16 bits per heavy atom. The summed E-state index contributed by atoms with van der Waals surface area (Å²) in [6.07, 6.45) is 1.45. The van der Waals surface area contributed by atoms with Crippen LogP contribution in [0.4, 0.5) is 14.6 Å². The number of benzene rings is 1. The molecule has 3 unspecified atom stereocenters. The second kappa shape index (κ2) is 8.87. The molecule has 1 saturated heterocycles. The molecule has 1 aromatic heterocycles. The van der Waals surface area contributed by atoms with E-state index in [0.717, 1.165) is 25.3 Å². The third-order valence-corrected chi connectivity index (χ3v) is 6.87. The molecule has 2 aliphatic rings. The molecule has 5 nitrogen and oxygen atoms in total. The normalized spacial score (nSPS) is 24.4. The summed E-state index contributed by atoms with van der Waals surface area (Å²) in [4.78, 5) is 19.7. The molecule has 1 aliphatic heterocycles. The lowest BCUT2D eigenvalue weighted by atomic mass is 9.86. The SMILES string of the molecule is CC(O)C1CCN(c2ccc3c(C(=O)NCC4CCCC(F)(F)C4)c(Cl)ccc3n2)C1. The van der Waals surface area contributed by atoms with Gasteiger partial charge < -0.3 is 15.3 Å². The maximum atomic E-state index is 13.6. The van der Waals surface area contributed by atoms with Crippen LogP contribution < -0.4 is 10.2 Å². The highest BCUT2D eigenvalue weighted by Crippen LogP contribution is 2.36. The Bertz CT molecular complexity index is 969. The van der Waals surface area contributed by atoms with Gasteiger partial charge in [-0.1, -0.05) is 11.6 Å². The highest BCUT2D eigenvalue weighted by molar-refractivity contribution is 6.35. The standard InChI is InChI=1S/C23H28ClF2N3O2/c1-14(30)16-8-10-29(13-16)20-7-4-17-19(28-20)6-5-18(24)21(17)22(31)27-12-15-3-2-9-23(25,26)11-15/h4-7,14-16,30H,2-3,8-13H2,1H3,(H,27,31). The number of nitrogens with zero attached hydrogens (tertiary/aromatic N) is 2. The Hall–Kier alpha value is -1.99. The van der Waals surface area contributed by atoms with Gasteiger partial charge in [0.2, 0.25) is 5.92 Å². The van der Waals surface area contributed by atoms with Crippen molar-refractivity contribution in [3.8, 4) is 0 Å². The van der Waals surface area contributed by atoms with Crippen LogP contribution in [0, 0.1) is 11.8 Å². The number of alkyl halides is 2. The van der Waals surface area contributed by atoms with Crippen molar-refractivity contribution >= 4 is 34.2 Å². The number of aliphatic hydroxyl groups excluding tert-OH is 1. The monoisotopic (exact) mass is 451 g/mol. The van der Waals surface area contributed by atoms with E-state index < -0.39 is 5.92 Å². The fourth-order valence-electron chi connectivity index (χ4n) is 4.74. The van der Waals surface area contributed by atoms with Crippen molar-refractivity contribution in [1.29, 1.82) is 0 Å². The second-order valence-corrected chi connectivity index (χ2v) is 9.33. The van der Waals surface area contributed by atoms with E-state index in [-0.39, 0.29) is 43.2 Å². The lowest BCUT2D eigenvalue weighted by molar-refractivity contribution is -0.0518. The molecule has 3 atom stereocenters. The van der Waals surface area contributed by atoms with E-state index in [9.17, 15) is 18.7 Å². The second-order valence-electron chi connectivity index (χ2n) is 8.92. The van der Waals surface area contributed by atoms with E-state index in [0.29, 0.717) is 34.3 Å². The van der Waals surface area contributed by atoms with Gasteiger partial charge in [0.05, 0.1) is 22.2 Å². The van der Waals surface area contributed by atoms with Crippen molar-refractivity contribution in [3.63, 3.8) is 0 Å². The van der Waals surface area contributed by atoms with Gasteiger partial charge in [-0.3, -0.25) is 4.79 Å². The molecular formula is C23H28ClF2N3O2. The molecule has 2 heterocycles. The van der Waals surface area contributed by atoms with Crippen LogP contribution in [-0.4, -0.2) is 47.7 Å². The number of aromatic nitrogens is 1. The number of rotatable bonds is 5. The van der Waals surface area contributed by atoms with Gasteiger partial charge in [-0.15, -0.1) is 0 Å². The number of halogens is 3. The molecule has 1 aliphatic carbocycles. The van der Waals surface area contributed by atoms with Crippen molar-refractivity contribution < 1.29 is 18.7 Å². The summed E-state index contributed by atoms with van der Waals surface area (Å²) in [6, 6.07) is 7.12. The first-order chi connectivity index (χ1) is 14.7. The molecule has 0 radical (unpaired) electrons. The summed E-state index contributed by atoms with van der Waals surface area (Å²) >= 11 is 6.34. The van der Waals surface area contributed by atoms with E-state index in [2.05, 4.69) is 10.2 Å². The lowest BCUT2D eigenvalue weighted by Crippen LogP contribution is -2.35. The number of nitrogens with one attached hydrogen (secondary N) is 1. The summed E-state index contributed by atoms with van der Waals surface area (Å²) in [5.41, 5.74) is 0.973. The number of fused-ring (bicyclic) bond motifs is 1. The quantitative estimate of drug-likeness (QED) is 0.694. The molecule has 8 heteroatoms. The third kappa shape index (κ3) is 4.93. The van der Waals surface area contributed by atoms with Crippen molar-refractivity contribution in [2.24, 2.45) is 11.8 Å². The van der Waals surface area contributed by atoms with Gasteiger partial charge in [0.25, 0.3) is 5.91 Å². The summed E-state index contributed by atoms with van der Waals surface area (Å²) in [5.74, 6) is -2.23. The minimum Gasteiger partial charge on any atom is -0.393 e. The Balaban J connectivity index is 1.51. The van der Waals surface area contributed by atoms with Crippen LogP contribution in [-0.2, 0) is 0 Å². The molecule has 2 N–H and O–H groups in total. The summed E-state index contributed by atoms with van der Waals surface area (Å²) in [7, 11) is 0. The summed E-state index contributed by atoms with van der Waals surface area (Å²) < 4.78 is 27.3. The molecule has 1 saturated carbocycles. The van der Waals surface area contributed by atoms with Crippen LogP contribution in [0.15, 0.2) is 24.3 Å². The number of amides is 1. The molecular weight excluding hydrogens is 424 g/mol. The Kier molecular flexibility index (Phi) is 6.35. The summed E-state index contributed by atoms with van der Waals surface area (Å²) in [5, 5.41) is 13.6. The smallest absolute Gasteiger partial charge is 0.253 e. The minimum atomic E-state index is -2.65. The van der Waals surface area contributed by atoms with Gasteiger partial charge in [0, 0.05) is 43.8 Å². The molecule has 31 heavy (non-hydrogen) atoms. The van der Waals surface area contributed by atoms with Crippen molar-refractivity contribution in [3.05, 3.63) is 34.9 Å². The van der Waals surface area contributed by atoms with E-state index in [4.69, 9.17) is 16.6 Å². The molecule has 1 aromatic carbocycles. The van der Waals surface area contributed by atoms with Gasteiger partial charge in [0.1, 0.15) is 5.82 Å². The molecule has 168 valence electrons. The highest BCUT2D eigenvalue weighted by Gasteiger charge is 2.36. The number of hydrogen-bond acceptors (Lipinski definition) is 4. The van der Waals surface area contributed by atoms with Gasteiger partial charge in [-0.2, -0.15) is 0 Å². The molecule has 0 bridgehead atoms. The number of hydrogen-bond donors (Lipinski definition) is 2. The van der Waals surface area contributed by atoms with E-state index in [1.54, 1.807) is 12.1 Å². The molecule has 0 spiro atoms. The maximum absolute atomic E-state index is 13.6. The number of aliphatic hydroxyl groups is 1. The topological polar surface area (TPSA) is 65.5 Å². The first-order valence-corrected chi connectivity index (χ1v) is 11.3. The van der Waals surface area contributed by atoms with Crippen LogP contribution >= 0.6 is 11.6 Å². The average Bonchev–Trinajstić information content (AvgIpc) is 3.21. The predicted octanol–water partition coefficient (Wildman–Crippen LogP) is 4.65. The van der Waals surface area contributed by atoms with Crippen molar-refractivity contribution in [1.82, 2.24) is 10.3 Å². The van der Waals surface area contributed by atoms with Gasteiger partial charge in [0.15, 0.2) is 0 Å². The zero-order chi connectivity index (χ0) is 22.2. The fourth-order valence-corrected chi connectivity index (χ4v) is 4.99. The Morgan fingerprint density at radius 3 is 2.87 bits per heavy atom. The maximum Gasteiger partial charge on any atom is 0.253 e. The van der Waals surface area contributed by atoms with E-state index in [1.807, 2.05) is 19.1 Å². The average molecular weight is 452 g/mol. The largest absolute Gasteiger partial charge is 0.393 e. The number of pyridine rings is 1. The lowest BCUT2D eigenvalue weighted by Gasteiger charge is -2.29. The minimum absolute atomic E-state index is 0.0738. The molecule has 4 rings (SSSR count). The predicted molar refractivity (Wildman–Crippen MR) is 118 cm³/mol. The zero-order valence-corrected chi connectivity index (χ0v) is 18.3. The highest BCUT2D eigenvalue weighted by atomic mass is 35.5. The molecule has 1 amide bonds. The van der Waals surface area contributed by atoms with Crippen molar-refractivity contribution in [2.45, 2.75) is 51.1 Å².